The smallest absolute Gasteiger partial charge is 0.238 e. The van der Waals surface area contributed by atoms with Crippen molar-refractivity contribution < 1.29 is 4.79 Å². The zero-order valence-corrected chi connectivity index (χ0v) is 9.52. The van der Waals surface area contributed by atoms with Crippen LogP contribution in [0.25, 0.3) is 0 Å². The molecule has 0 spiro atoms. The van der Waals surface area contributed by atoms with E-state index in [1.165, 1.54) is 0 Å². The van der Waals surface area contributed by atoms with Crippen LogP contribution in [0.1, 0.15) is 12.0 Å². The number of carbonyl (C=O) groups excluding carboxylic acids is 1. The summed E-state index contributed by atoms with van der Waals surface area (Å²) in [4.78, 5) is 15.6. The summed E-state index contributed by atoms with van der Waals surface area (Å²) in [6.45, 7) is 0.621. The van der Waals surface area contributed by atoms with Crippen LogP contribution in [0, 0.1) is 0 Å². The molecule has 1 aliphatic rings. The number of pyridine rings is 1. The Morgan fingerprint density at radius 2 is 2.24 bits per heavy atom. The van der Waals surface area contributed by atoms with Crippen LogP contribution < -0.4 is 21.9 Å². The summed E-state index contributed by atoms with van der Waals surface area (Å²) < 4.78 is 0. The van der Waals surface area contributed by atoms with Crippen LogP contribution in [-0.2, 0) is 11.2 Å². The van der Waals surface area contributed by atoms with Gasteiger partial charge in [-0.15, -0.1) is 0 Å². The number of hydrogen-bond donors (Lipinski definition) is 4. The summed E-state index contributed by atoms with van der Waals surface area (Å²) >= 11 is 0. The summed E-state index contributed by atoms with van der Waals surface area (Å²) in [5, 5.41) is 2.88. The van der Waals surface area contributed by atoms with Crippen molar-refractivity contribution in [1.82, 2.24) is 21.2 Å². The van der Waals surface area contributed by atoms with Crippen molar-refractivity contribution in [2.75, 3.05) is 6.54 Å². The topological polar surface area (TPSA) is 92.1 Å². The molecule has 2 heterocycles. The SMILES string of the molecule is NC1CC(C(=O)NCCc2ccncc2)NN1. The third-order valence-electron chi connectivity index (χ3n) is 2.71. The lowest BCUT2D eigenvalue weighted by Crippen LogP contribution is -2.44. The van der Waals surface area contributed by atoms with Crippen LogP contribution in [0.15, 0.2) is 24.5 Å². The molecule has 0 aliphatic carbocycles. The second kappa shape index (κ2) is 5.72. The van der Waals surface area contributed by atoms with Gasteiger partial charge in [-0.05, 0) is 24.1 Å². The summed E-state index contributed by atoms with van der Waals surface area (Å²) in [6, 6.07) is 3.65. The average Bonchev–Trinajstić information content (AvgIpc) is 2.77. The largest absolute Gasteiger partial charge is 0.354 e. The number of aromatic nitrogens is 1. The van der Waals surface area contributed by atoms with E-state index in [9.17, 15) is 4.79 Å². The summed E-state index contributed by atoms with van der Waals surface area (Å²) in [6.07, 6.45) is 4.77. The van der Waals surface area contributed by atoms with Crippen LogP contribution in [0.5, 0.6) is 0 Å². The Morgan fingerprint density at radius 3 is 2.88 bits per heavy atom. The van der Waals surface area contributed by atoms with Crippen LogP contribution in [-0.4, -0.2) is 29.6 Å². The van der Waals surface area contributed by atoms with Gasteiger partial charge in [0.05, 0.1) is 6.17 Å². The van der Waals surface area contributed by atoms with Crippen molar-refractivity contribution in [1.29, 1.82) is 0 Å². The Labute approximate surface area is 100.0 Å². The molecule has 2 atom stereocenters. The van der Waals surface area contributed by atoms with Crippen molar-refractivity contribution in [2.45, 2.75) is 25.0 Å². The molecule has 17 heavy (non-hydrogen) atoms. The van der Waals surface area contributed by atoms with E-state index in [4.69, 9.17) is 5.73 Å². The van der Waals surface area contributed by atoms with Crippen molar-refractivity contribution in [3.05, 3.63) is 30.1 Å². The molecule has 92 valence electrons. The molecule has 5 N–H and O–H groups in total. The van der Waals surface area contributed by atoms with E-state index in [2.05, 4.69) is 21.2 Å². The number of nitrogens with zero attached hydrogens (tertiary/aromatic N) is 1. The molecule has 0 aromatic carbocycles. The lowest BCUT2D eigenvalue weighted by Gasteiger charge is -2.10. The molecule has 0 bridgehead atoms. The standard InChI is InChI=1S/C11H17N5O/c12-10-7-9(15-16-10)11(17)14-6-3-8-1-4-13-5-2-8/h1-2,4-5,9-10,15-16H,3,6-7,12H2,(H,14,17). The van der Waals surface area contributed by atoms with Gasteiger partial charge in [0, 0.05) is 25.4 Å². The highest BCUT2D eigenvalue weighted by atomic mass is 16.2. The molecular weight excluding hydrogens is 218 g/mol. The third-order valence-corrected chi connectivity index (χ3v) is 2.71. The number of rotatable bonds is 4. The highest BCUT2D eigenvalue weighted by Gasteiger charge is 2.26. The van der Waals surface area contributed by atoms with Crippen LogP contribution in [0.2, 0.25) is 0 Å². The molecule has 1 fully saturated rings. The van der Waals surface area contributed by atoms with Crippen molar-refractivity contribution in [3.8, 4) is 0 Å². The van der Waals surface area contributed by atoms with E-state index >= 15 is 0 Å². The minimum atomic E-state index is -0.234. The van der Waals surface area contributed by atoms with Crippen molar-refractivity contribution in [2.24, 2.45) is 5.73 Å². The van der Waals surface area contributed by atoms with Crippen LogP contribution in [0.4, 0.5) is 0 Å². The van der Waals surface area contributed by atoms with Gasteiger partial charge >= 0.3 is 0 Å². The van der Waals surface area contributed by atoms with Gasteiger partial charge in [0.2, 0.25) is 5.91 Å². The number of hydrogen-bond acceptors (Lipinski definition) is 5. The third kappa shape index (κ3) is 3.48. The second-order valence-corrected chi connectivity index (χ2v) is 4.08. The quantitative estimate of drug-likeness (QED) is 0.531. The fraction of sp³-hybridized carbons (Fsp3) is 0.455. The van der Waals surface area contributed by atoms with E-state index in [0.717, 1.165) is 12.0 Å². The van der Waals surface area contributed by atoms with Gasteiger partial charge in [-0.25, -0.2) is 10.9 Å². The molecule has 0 saturated carbocycles. The zero-order chi connectivity index (χ0) is 12.1. The Hall–Kier alpha value is -1.50. The highest BCUT2D eigenvalue weighted by Crippen LogP contribution is 2.00. The molecule has 2 unspecified atom stereocenters. The van der Waals surface area contributed by atoms with E-state index < -0.39 is 0 Å². The lowest BCUT2D eigenvalue weighted by atomic mass is 10.2. The van der Waals surface area contributed by atoms with Gasteiger partial charge in [-0.3, -0.25) is 9.78 Å². The molecule has 6 nitrogen and oxygen atoms in total. The van der Waals surface area contributed by atoms with Crippen LogP contribution >= 0.6 is 0 Å². The predicted octanol–water partition coefficient (Wildman–Crippen LogP) is -1.11. The number of nitrogens with two attached hydrogens (primary N) is 1. The number of carbonyl (C=O) groups is 1. The highest BCUT2D eigenvalue weighted by molar-refractivity contribution is 5.81. The van der Waals surface area contributed by atoms with E-state index in [0.29, 0.717) is 13.0 Å². The maximum Gasteiger partial charge on any atom is 0.238 e. The molecule has 1 saturated heterocycles. The molecule has 0 radical (unpaired) electrons. The predicted molar refractivity (Wildman–Crippen MR) is 63.6 cm³/mol. The fourth-order valence-electron chi connectivity index (χ4n) is 1.75. The first-order valence-corrected chi connectivity index (χ1v) is 5.69. The maximum atomic E-state index is 11.7. The Kier molecular flexibility index (Phi) is 4.03. The second-order valence-electron chi connectivity index (χ2n) is 4.08. The summed E-state index contributed by atoms with van der Waals surface area (Å²) in [5.41, 5.74) is 12.5. The van der Waals surface area contributed by atoms with E-state index in [1.54, 1.807) is 12.4 Å². The van der Waals surface area contributed by atoms with Gasteiger partial charge in [-0.1, -0.05) is 0 Å². The maximum absolute atomic E-state index is 11.7. The number of nitrogens with one attached hydrogen (secondary N) is 3. The minimum absolute atomic E-state index is 0.0143. The molecule has 1 aromatic heterocycles. The van der Waals surface area contributed by atoms with Crippen molar-refractivity contribution >= 4 is 5.91 Å². The first-order valence-electron chi connectivity index (χ1n) is 5.69. The number of hydrazine groups is 1. The van der Waals surface area contributed by atoms with Gasteiger partial charge < -0.3 is 11.1 Å². The van der Waals surface area contributed by atoms with E-state index in [1.807, 2.05) is 12.1 Å². The van der Waals surface area contributed by atoms with Crippen LogP contribution in [0.3, 0.4) is 0 Å². The molecule has 6 heteroatoms. The van der Waals surface area contributed by atoms with Crippen molar-refractivity contribution in [3.63, 3.8) is 0 Å². The Morgan fingerprint density at radius 1 is 1.47 bits per heavy atom. The van der Waals surface area contributed by atoms with E-state index in [-0.39, 0.29) is 18.1 Å². The average molecular weight is 235 g/mol. The fourth-order valence-corrected chi connectivity index (χ4v) is 1.75. The van der Waals surface area contributed by atoms with Gasteiger partial charge in [0.15, 0.2) is 0 Å². The Balaban J connectivity index is 1.70. The zero-order valence-electron chi connectivity index (χ0n) is 9.52. The Bertz CT molecular complexity index is 369. The molecular formula is C11H17N5O. The first-order chi connectivity index (χ1) is 8.25. The molecule has 1 aromatic rings. The molecule has 1 amide bonds. The monoisotopic (exact) mass is 235 g/mol. The van der Waals surface area contributed by atoms with Gasteiger partial charge in [0.1, 0.15) is 6.04 Å². The summed E-state index contributed by atoms with van der Waals surface area (Å²) in [5.74, 6) is -0.0143. The van der Waals surface area contributed by atoms with Gasteiger partial charge in [0.25, 0.3) is 0 Å². The number of amides is 1. The minimum Gasteiger partial charge on any atom is -0.354 e. The lowest BCUT2D eigenvalue weighted by molar-refractivity contribution is -0.122. The summed E-state index contributed by atoms with van der Waals surface area (Å²) in [7, 11) is 0. The first kappa shape index (κ1) is 12.0. The molecule has 1 aliphatic heterocycles. The molecule has 2 rings (SSSR count). The van der Waals surface area contributed by atoms with Gasteiger partial charge in [-0.2, -0.15) is 0 Å². The normalized spacial score (nSPS) is 23.6.